The number of aromatic carboxylic acids is 1. The highest BCUT2D eigenvalue weighted by atomic mass is 32.2. The molecule has 11 nitrogen and oxygen atoms in total. The Labute approximate surface area is 224 Å². The van der Waals surface area contributed by atoms with Crippen LogP contribution in [0.1, 0.15) is 87.8 Å². The van der Waals surface area contributed by atoms with E-state index in [1.165, 1.54) is 16.6 Å². The number of aryl methyl sites for hydroxylation is 1. The third-order valence-electron chi connectivity index (χ3n) is 8.53. The SMILES string of the molecule is Cn1nc(C(=O)O)c2c1C(=O)N(CC1(S(=O)(=O)C(C)(C)C3CNC(C)(C)[C@@H]3C(=O)OC(C)(C)C)CC1)CC2. The molecule has 3 aliphatic rings. The maximum absolute atomic E-state index is 14.4. The van der Waals surface area contributed by atoms with E-state index >= 15 is 0 Å². The minimum absolute atomic E-state index is 0.0191. The predicted molar refractivity (Wildman–Crippen MR) is 140 cm³/mol. The summed E-state index contributed by atoms with van der Waals surface area (Å²) in [5.74, 6) is -3.24. The lowest BCUT2D eigenvalue weighted by atomic mass is 9.77. The van der Waals surface area contributed by atoms with Gasteiger partial charge < -0.3 is 20.1 Å². The summed E-state index contributed by atoms with van der Waals surface area (Å²) in [6, 6.07) is 0. The van der Waals surface area contributed by atoms with Crippen molar-refractivity contribution in [1.82, 2.24) is 20.0 Å². The van der Waals surface area contributed by atoms with Gasteiger partial charge in [-0.15, -0.1) is 0 Å². The molecule has 2 fully saturated rings. The highest BCUT2D eigenvalue weighted by molar-refractivity contribution is 7.94. The van der Waals surface area contributed by atoms with E-state index in [0.29, 0.717) is 24.9 Å². The summed E-state index contributed by atoms with van der Waals surface area (Å²) < 4.78 is 33.3. The van der Waals surface area contributed by atoms with Gasteiger partial charge in [-0.05, 0) is 67.7 Å². The normalized spacial score (nSPS) is 24.7. The van der Waals surface area contributed by atoms with Crippen LogP contribution >= 0.6 is 0 Å². The molecule has 0 radical (unpaired) electrons. The number of carboxylic acid groups (broad SMARTS) is 1. The van der Waals surface area contributed by atoms with Crippen molar-refractivity contribution in [2.75, 3.05) is 19.6 Å². The van der Waals surface area contributed by atoms with Gasteiger partial charge in [0.15, 0.2) is 15.5 Å². The molecule has 4 rings (SSSR count). The smallest absolute Gasteiger partial charge is 0.356 e. The second-order valence-corrected chi connectivity index (χ2v) is 16.0. The molecular formula is C26H40N4O7S. The van der Waals surface area contributed by atoms with Crippen molar-refractivity contribution in [2.24, 2.45) is 18.9 Å². The number of ether oxygens (including phenoxy) is 1. The van der Waals surface area contributed by atoms with Crippen molar-refractivity contribution in [3.05, 3.63) is 17.0 Å². The van der Waals surface area contributed by atoms with E-state index in [-0.39, 0.29) is 30.9 Å². The molecule has 2 atom stereocenters. The topological polar surface area (TPSA) is 148 Å². The van der Waals surface area contributed by atoms with Gasteiger partial charge in [0.05, 0.1) is 15.4 Å². The summed E-state index contributed by atoms with van der Waals surface area (Å²) in [6.07, 6.45) is 1.13. The first kappa shape index (κ1) is 28.5. The Bertz CT molecular complexity index is 1290. The van der Waals surface area contributed by atoms with Gasteiger partial charge in [0.2, 0.25) is 0 Å². The molecule has 1 aromatic rings. The first-order valence-corrected chi connectivity index (χ1v) is 14.5. The standard InChI is InChI=1S/C26H40N4O7S/c1-23(2,3)37-22(34)17-16(13-27-24(17,4)5)25(6,7)38(35,36)26(10-11-26)14-30-12-9-15-18(21(32)33)28-29(8)19(15)20(30)31/h16-17,27H,9-14H2,1-8H3,(H,32,33)/t16?,17-/m0/s1. The van der Waals surface area contributed by atoms with Crippen LogP contribution in [0, 0.1) is 11.8 Å². The summed E-state index contributed by atoms with van der Waals surface area (Å²) in [6.45, 7) is 13.1. The van der Waals surface area contributed by atoms with E-state index in [9.17, 15) is 27.9 Å². The first-order chi connectivity index (χ1) is 17.3. The third kappa shape index (κ3) is 4.43. The van der Waals surface area contributed by atoms with Crippen LogP contribution in [-0.4, -0.2) is 86.3 Å². The third-order valence-corrected chi connectivity index (χ3v) is 11.9. The predicted octanol–water partition coefficient (Wildman–Crippen LogP) is 1.80. The van der Waals surface area contributed by atoms with Gasteiger partial charge in [-0.3, -0.25) is 14.3 Å². The zero-order valence-electron chi connectivity index (χ0n) is 23.5. The van der Waals surface area contributed by atoms with Crippen LogP contribution in [0.5, 0.6) is 0 Å². The van der Waals surface area contributed by atoms with Crippen molar-refractivity contribution < 1.29 is 32.6 Å². The quantitative estimate of drug-likeness (QED) is 0.483. The number of nitrogens with one attached hydrogen (secondary N) is 1. The molecule has 12 heteroatoms. The van der Waals surface area contributed by atoms with E-state index in [2.05, 4.69) is 10.4 Å². The molecular weight excluding hydrogens is 512 g/mol. The fourth-order valence-electron chi connectivity index (χ4n) is 6.22. The van der Waals surface area contributed by atoms with Gasteiger partial charge in [0, 0.05) is 43.7 Å². The van der Waals surface area contributed by atoms with Crippen molar-refractivity contribution in [2.45, 2.75) is 88.4 Å². The Morgan fingerprint density at radius 2 is 1.79 bits per heavy atom. The van der Waals surface area contributed by atoms with Crippen LogP contribution in [-0.2, 0) is 32.8 Å². The number of carbonyl (C=O) groups is 3. The summed E-state index contributed by atoms with van der Waals surface area (Å²) in [5, 5.41) is 16.8. The number of esters is 1. The molecule has 1 unspecified atom stereocenters. The number of hydrogen-bond donors (Lipinski definition) is 2. The van der Waals surface area contributed by atoms with Crippen LogP contribution < -0.4 is 5.32 Å². The molecule has 2 aliphatic heterocycles. The molecule has 1 aliphatic carbocycles. The highest BCUT2D eigenvalue weighted by Crippen LogP contribution is 2.53. The van der Waals surface area contributed by atoms with Crippen LogP contribution in [0.4, 0.5) is 0 Å². The molecule has 0 bridgehead atoms. The average molecular weight is 553 g/mol. The number of carbonyl (C=O) groups excluding carboxylic acids is 2. The fraction of sp³-hybridized carbons (Fsp3) is 0.769. The number of hydrogen-bond acceptors (Lipinski definition) is 8. The Morgan fingerprint density at radius 3 is 2.32 bits per heavy atom. The van der Waals surface area contributed by atoms with Crippen LogP contribution in [0.15, 0.2) is 0 Å². The van der Waals surface area contributed by atoms with Crippen molar-refractivity contribution in [3.63, 3.8) is 0 Å². The second kappa shape index (κ2) is 8.77. The number of amides is 1. The highest BCUT2D eigenvalue weighted by Gasteiger charge is 2.66. The largest absolute Gasteiger partial charge is 0.476 e. The van der Waals surface area contributed by atoms with Gasteiger partial charge in [-0.1, -0.05) is 0 Å². The van der Waals surface area contributed by atoms with Crippen molar-refractivity contribution >= 4 is 27.7 Å². The molecule has 1 aromatic heterocycles. The molecule has 2 N–H and O–H groups in total. The minimum Gasteiger partial charge on any atom is -0.476 e. The fourth-order valence-corrected chi connectivity index (χ4v) is 8.92. The second-order valence-electron chi connectivity index (χ2n) is 13.1. The van der Waals surface area contributed by atoms with E-state index in [1.54, 1.807) is 34.6 Å². The Balaban J connectivity index is 1.62. The van der Waals surface area contributed by atoms with Gasteiger partial charge in [0.1, 0.15) is 11.3 Å². The zero-order chi connectivity index (χ0) is 28.6. The van der Waals surface area contributed by atoms with E-state index in [4.69, 9.17) is 4.74 Å². The molecule has 1 saturated carbocycles. The van der Waals surface area contributed by atoms with Crippen LogP contribution in [0.3, 0.4) is 0 Å². The monoisotopic (exact) mass is 552 g/mol. The first-order valence-electron chi connectivity index (χ1n) is 13.1. The summed E-state index contributed by atoms with van der Waals surface area (Å²) >= 11 is 0. The van der Waals surface area contributed by atoms with Gasteiger partial charge in [-0.2, -0.15) is 5.10 Å². The maximum Gasteiger partial charge on any atom is 0.356 e. The summed E-state index contributed by atoms with van der Waals surface area (Å²) in [5.41, 5.74) is -0.936. The molecule has 0 spiro atoms. The number of aromatic nitrogens is 2. The zero-order valence-corrected chi connectivity index (χ0v) is 24.4. The molecule has 0 aromatic carbocycles. The summed E-state index contributed by atoms with van der Waals surface area (Å²) in [4.78, 5) is 39.8. The van der Waals surface area contributed by atoms with Crippen LogP contribution in [0.25, 0.3) is 0 Å². The van der Waals surface area contributed by atoms with Crippen LogP contribution in [0.2, 0.25) is 0 Å². The number of rotatable bonds is 7. The van der Waals surface area contributed by atoms with Gasteiger partial charge >= 0.3 is 11.9 Å². The lowest BCUT2D eigenvalue weighted by Crippen LogP contribution is -2.55. The molecule has 1 saturated heterocycles. The average Bonchev–Trinajstić information content (AvgIpc) is 3.36. The van der Waals surface area contributed by atoms with Gasteiger partial charge in [0.25, 0.3) is 5.91 Å². The minimum atomic E-state index is -3.85. The Kier molecular flexibility index (Phi) is 6.59. The van der Waals surface area contributed by atoms with Crippen molar-refractivity contribution in [3.8, 4) is 0 Å². The number of sulfone groups is 1. The Morgan fingerprint density at radius 1 is 1.18 bits per heavy atom. The number of nitrogens with zero attached hydrogens (tertiary/aromatic N) is 3. The molecule has 38 heavy (non-hydrogen) atoms. The molecule has 3 heterocycles. The number of carboxylic acids is 1. The van der Waals surface area contributed by atoms with Gasteiger partial charge in [-0.25, -0.2) is 13.2 Å². The maximum atomic E-state index is 14.4. The van der Waals surface area contributed by atoms with Crippen molar-refractivity contribution in [1.29, 1.82) is 0 Å². The summed E-state index contributed by atoms with van der Waals surface area (Å²) in [7, 11) is -2.33. The Hall–Kier alpha value is -2.47. The van der Waals surface area contributed by atoms with E-state index < -0.39 is 60.2 Å². The van der Waals surface area contributed by atoms with E-state index in [1.807, 2.05) is 13.8 Å². The number of fused-ring (bicyclic) bond motifs is 1. The van der Waals surface area contributed by atoms with E-state index in [0.717, 1.165) is 0 Å². The lowest BCUT2D eigenvalue weighted by molar-refractivity contribution is -0.163. The lowest BCUT2D eigenvalue weighted by Gasteiger charge is -2.41. The molecule has 1 amide bonds. The molecule has 212 valence electrons.